The number of carbonyl (C=O) groups excluding carboxylic acids is 1. The van der Waals surface area contributed by atoms with Crippen molar-refractivity contribution in [2.75, 3.05) is 17.7 Å². The van der Waals surface area contributed by atoms with Crippen LogP contribution in [0.2, 0.25) is 0 Å². The summed E-state index contributed by atoms with van der Waals surface area (Å²) in [5, 5.41) is 2.84. The molecule has 8 heteroatoms. The first-order chi connectivity index (χ1) is 14.2. The zero-order chi connectivity index (χ0) is 22.3. The number of hydrogen-bond acceptors (Lipinski definition) is 5. The highest BCUT2D eigenvalue weighted by molar-refractivity contribution is 7.92. The topological polar surface area (TPSA) is 84.9 Å². The van der Waals surface area contributed by atoms with Gasteiger partial charge in [-0.15, -0.1) is 0 Å². The van der Waals surface area contributed by atoms with E-state index in [-0.39, 0.29) is 18.6 Å². The predicted octanol–water partition coefficient (Wildman–Crippen LogP) is 3.34. The van der Waals surface area contributed by atoms with Crippen molar-refractivity contribution in [3.8, 4) is 11.5 Å². The zero-order valence-corrected chi connectivity index (χ0v) is 18.9. The van der Waals surface area contributed by atoms with E-state index in [1.807, 2.05) is 19.9 Å². The van der Waals surface area contributed by atoms with Crippen molar-refractivity contribution in [1.29, 1.82) is 0 Å². The summed E-state index contributed by atoms with van der Waals surface area (Å²) in [6.45, 7) is 5.88. The number of sulfonamides is 1. The molecule has 164 valence electrons. The van der Waals surface area contributed by atoms with E-state index >= 15 is 0 Å². The largest absolute Gasteiger partial charge is 0.493 e. The number of carbonyl (C=O) groups is 1. The molecule has 7 nitrogen and oxygen atoms in total. The van der Waals surface area contributed by atoms with E-state index in [0.717, 1.165) is 11.8 Å². The first kappa shape index (κ1) is 23.5. The second kappa shape index (κ2) is 10.3. The fourth-order valence-corrected chi connectivity index (χ4v) is 4.33. The number of nitrogens with one attached hydrogen (secondary N) is 1. The van der Waals surface area contributed by atoms with Crippen LogP contribution in [0.4, 0.5) is 5.69 Å². The molecule has 0 bridgehead atoms. The molecule has 0 fully saturated rings. The van der Waals surface area contributed by atoms with Crippen LogP contribution in [0.5, 0.6) is 11.5 Å². The van der Waals surface area contributed by atoms with Gasteiger partial charge in [0.15, 0.2) is 11.5 Å². The second-order valence-corrected chi connectivity index (χ2v) is 9.05. The highest BCUT2D eigenvalue weighted by atomic mass is 32.2. The molecule has 2 rings (SSSR count). The number of methoxy groups -OCH3 is 1. The van der Waals surface area contributed by atoms with Gasteiger partial charge in [0.05, 0.1) is 25.2 Å². The standard InChI is InChI=1S/C22H30N2O5S/c1-6-19(24(30(5,26)27)18-10-8-7-9-11-18)22(25)23-15-17-12-13-20(29-16(2)3)21(14-17)28-4/h7-14,16,19H,6,15H2,1-5H3,(H,23,25). The lowest BCUT2D eigenvalue weighted by molar-refractivity contribution is -0.122. The average molecular weight is 435 g/mol. The van der Waals surface area contributed by atoms with E-state index in [2.05, 4.69) is 5.32 Å². The minimum atomic E-state index is -3.65. The van der Waals surface area contributed by atoms with Crippen LogP contribution in [0.1, 0.15) is 32.8 Å². The summed E-state index contributed by atoms with van der Waals surface area (Å²) in [5.74, 6) is 0.833. The van der Waals surface area contributed by atoms with Crippen LogP contribution in [0, 0.1) is 0 Å². The minimum absolute atomic E-state index is 0.00901. The number of rotatable bonds is 10. The molecule has 30 heavy (non-hydrogen) atoms. The van der Waals surface area contributed by atoms with Crippen molar-refractivity contribution in [3.63, 3.8) is 0 Å². The Morgan fingerprint density at radius 1 is 1.10 bits per heavy atom. The molecule has 0 aliphatic heterocycles. The smallest absolute Gasteiger partial charge is 0.244 e. The molecule has 0 saturated carbocycles. The Morgan fingerprint density at radius 3 is 2.30 bits per heavy atom. The van der Waals surface area contributed by atoms with Gasteiger partial charge < -0.3 is 14.8 Å². The second-order valence-electron chi connectivity index (χ2n) is 7.19. The summed E-state index contributed by atoms with van der Waals surface area (Å²) in [6, 6.07) is 13.2. The van der Waals surface area contributed by atoms with Crippen LogP contribution in [-0.2, 0) is 21.4 Å². The van der Waals surface area contributed by atoms with Gasteiger partial charge in [0.25, 0.3) is 0 Å². The fourth-order valence-electron chi connectivity index (χ4n) is 3.12. The molecule has 2 aromatic carbocycles. The van der Waals surface area contributed by atoms with Gasteiger partial charge in [0, 0.05) is 6.54 Å². The maximum Gasteiger partial charge on any atom is 0.244 e. The van der Waals surface area contributed by atoms with Gasteiger partial charge in [-0.2, -0.15) is 0 Å². The first-order valence-electron chi connectivity index (χ1n) is 9.83. The summed E-state index contributed by atoms with van der Waals surface area (Å²) in [5.41, 5.74) is 1.27. The highest BCUT2D eigenvalue weighted by Crippen LogP contribution is 2.29. The Kier molecular flexibility index (Phi) is 8.11. The third-order valence-electron chi connectivity index (χ3n) is 4.40. The van der Waals surface area contributed by atoms with E-state index in [4.69, 9.17) is 9.47 Å². The lowest BCUT2D eigenvalue weighted by atomic mass is 10.1. The van der Waals surface area contributed by atoms with Crippen LogP contribution < -0.4 is 19.1 Å². The number of anilines is 1. The van der Waals surface area contributed by atoms with E-state index in [1.54, 1.807) is 56.5 Å². The molecule has 0 aliphatic rings. The van der Waals surface area contributed by atoms with Gasteiger partial charge in [0.2, 0.25) is 15.9 Å². The van der Waals surface area contributed by atoms with E-state index in [9.17, 15) is 13.2 Å². The first-order valence-corrected chi connectivity index (χ1v) is 11.7. The number of amides is 1. The van der Waals surface area contributed by atoms with Crippen LogP contribution >= 0.6 is 0 Å². The Morgan fingerprint density at radius 2 is 1.77 bits per heavy atom. The summed E-state index contributed by atoms with van der Waals surface area (Å²) in [4.78, 5) is 12.9. The van der Waals surface area contributed by atoms with Gasteiger partial charge in [-0.05, 0) is 50.1 Å². The van der Waals surface area contributed by atoms with Gasteiger partial charge in [-0.25, -0.2) is 8.42 Å². The molecule has 1 N–H and O–H groups in total. The lowest BCUT2D eigenvalue weighted by Crippen LogP contribution is -2.49. The van der Waals surface area contributed by atoms with Gasteiger partial charge in [0.1, 0.15) is 6.04 Å². The molecular weight excluding hydrogens is 404 g/mol. The highest BCUT2D eigenvalue weighted by Gasteiger charge is 2.31. The van der Waals surface area contributed by atoms with Gasteiger partial charge in [-0.1, -0.05) is 31.2 Å². The Bertz CT molecular complexity index is 945. The molecular formula is C22H30N2O5S. The average Bonchev–Trinajstić information content (AvgIpc) is 2.70. The van der Waals surface area contributed by atoms with Crippen molar-refractivity contribution in [2.24, 2.45) is 0 Å². The Labute approximate surface area is 179 Å². The SMILES string of the molecule is CCC(C(=O)NCc1ccc(OC(C)C)c(OC)c1)N(c1ccccc1)S(C)(=O)=O. The molecule has 2 aromatic rings. The normalized spacial score (nSPS) is 12.3. The van der Waals surface area contributed by atoms with Gasteiger partial charge >= 0.3 is 0 Å². The Hall–Kier alpha value is -2.74. The van der Waals surface area contributed by atoms with Crippen LogP contribution in [0.3, 0.4) is 0 Å². The molecule has 0 heterocycles. The number of para-hydroxylation sites is 1. The molecule has 1 unspecified atom stereocenters. The monoisotopic (exact) mass is 434 g/mol. The van der Waals surface area contributed by atoms with E-state index in [1.165, 1.54) is 4.31 Å². The molecule has 0 saturated heterocycles. The maximum atomic E-state index is 12.9. The minimum Gasteiger partial charge on any atom is -0.493 e. The van der Waals surface area contributed by atoms with Crippen molar-refractivity contribution in [2.45, 2.75) is 45.9 Å². The van der Waals surface area contributed by atoms with Crippen molar-refractivity contribution >= 4 is 21.6 Å². The molecule has 0 spiro atoms. The lowest BCUT2D eigenvalue weighted by Gasteiger charge is -2.30. The van der Waals surface area contributed by atoms with Crippen molar-refractivity contribution < 1.29 is 22.7 Å². The summed E-state index contributed by atoms with van der Waals surface area (Å²) >= 11 is 0. The third kappa shape index (κ3) is 6.13. The Balaban J connectivity index is 2.18. The molecule has 0 aromatic heterocycles. The van der Waals surface area contributed by atoms with Crippen molar-refractivity contribution in [1.82, 2.24) is 5.32 Å². The summed E-state index contributed by atoms with van der Waals surface area (Å²) in [7, 11) is -2.09. The zero-order valence-electron chi connectivity index (χ0n) is 18.1. The molecule has 0 radical (unpaired) electrons. The van der Waals surface area contributed by atoms with Crippen LogP contribution in [0.25, 0.3) is 0 Å². The summed E-state index contributed by atoms with van der Waals surface area (Å²) in [6.07, 6.45) is 1.45. The molecule has 0 aliphatic carbocycles. The molecule has 1 atom stereocenters. The maximum absolute atomic E-state index is 12.9. The quantitative estimate of drug-likeness (QED) is 0.620. The number of ether oxygens (including phenoxy) is 2. The summed E-state index contributed by atoms with van der Waals surface area (Å²) < 4.78 is 37.1. The fraction of sp³-hybridized carbons (Fsp3) is 0.409. The third-order valence-corrected chi connectivity index (χ3v) is 5.58. The van der Waals surface area contributed by atoms with Crippen molar-refractivity contribution in [3.05, 3.63) is 54.1 Å². The molecule has 1 amide bonds. The van der Waals surface area contributed by atoms with E-state index < -0.39 is 16.1 Å². The van der Waals surface area contributed by atoms with Crippen LogP contribution in [0.15, 0.2) is 48.5 Å². The number of hydrogen-bond donors (Lipinski definition) is 1. The predicted molar refractivity (Wildman–Crippen MR) is 118 cm³/mol. The van der Waals surface area contributed by atoms with Gasteiger partial charge in [-0.3, -0.25) is 9.10 Å². The van der Waals surface area contributed by atoms with Crippen LogP contribution in [-0.4, -0.2) is 39.8 Å². The number of nitrogens with zero attached hydrogens (tertiary/aromatic N) is 1. The van der Waals surface area contributed by atoms with E-state index in [0.29, 0.717) is 23.6 Å². The number of benzene rings is 2.